The molecule has 1 aliphatic heterocycles. The van der Waals surface area contributed by atoms with E-state index in [1.807, 2.05) is 24.3 Å². The Hall–Kier alpha value is -3.22. The summed E-state index contributed by atoms with van der Waals surface area (Å²) in [6.07, 6.45) is 1.92. The van der Waals surface area contributed by atoms with E-state index in [-0.39, 0.29) is 29.3 Å². The maximum atomic E-state index is 12.8. The first-order valence-electron chi connectivity index (χ1n) is 11.3. The van der Waals surface area contributed by atoms with Crippen LogP contribution in [-0.2, 0) is 26.0 Å². The zero-order chi connectivity index (χ0) is 24.6. The number of sulfonamides is 1. The Morgan fingerprint density at radius 2 is 1.76 bits per heavy atom. The highest BCUT2D eigenvalue weighted by Gasteiger charge is 2.28. The molecule has 0 saturated carbocycles. The van der Waals surface area contributed by atoms with Crippen LogP contribution < -0.4 is 4.72 Å². The Morgan fingerprint density at radius 3 is 2.38 bits per heavy atom. The number of hydrogen-bond acceptors (Lipinski definition) is 6. The molecule has 1 fully saturated rings. The van der Waals surface area contributed by atoms with Crippen molar-refractivity contribution in [1.82, 2.24) is 9.62 Å². The molecule has 3 rings (SSSR count). The van der Waals surface area contributed by atoms with Crippen molar-refractivity contribution in [3.05, 3.63) is 65.7 Å². The van der Waals surface area contributed by atoms with E-state index in [1.54, 1.807) is 11.8 Å². The first kappa shape index (κ1) is 25.4. The largest absolute Gasteiger partial charge is 0.449 e. The summed E-state index contributed by atoms with van der Waals surface area (Å²) in [6, 6.07) is 17.4. The molecule has 0 radical (unpaired) electrons. The summed E-state index contributed by atoms with van der Waals surface area (Å²) in [6.45, 7) is 2.81. The van der Waals surface area contributed by atoms with E-state index in [4.69, 9.17) is 10.00 Å². The van der Waals surface area contributed by atoms with Crippen LogP contribution in [0.1, 0.15) is 42.1 Å². The van der Waals surface area contributed by atoms with Crippen molar-refractivity contribution >= 4 is 21.9 Å². The molecule has 0 aliphatic carbocycles. The van der Waals surface area contributed by atoms with Crippen molar-refractivity contribution in [2.45, 2.75) is 43.6 Å². The van der Waals surface area contributed by atoms with E-state index in [0.717, 1.165) is 19.3 Å². The highest BCUT2D eigenvalue weighted by atomic mass is 32.2. The molecule has 8 nitrogen and oxygen atoms in total. The second-order valence-corrected chi connectivity index (χ2v) is 10.1. The second kappa shape index (κ2) is 11.8. The average Bonchev–Trinajstić information content (AvgIpc) is 2.85. The van der Waals surface area contributed by atoms with Crippen LogP contribution in [0.4, 0.5) is 0 Å². The van der Waals surface area contributed by atoms with E-state index in [2.05, 4.69) is 16.9 Å². The summed E-state index contributed by atoms with van der Waals surface area (Å²) in [5, 5.41) is 8.53. The fraction of sp³-hybridized carbons (Fsp3) is 0.400. The van der Waals surface area contributed by atoms with Gasteiger partial charge in [-0.25, -0.2) is 17.9 Å². The third kappa shape index (κ3) is 6.89. The summed E-state index contributed by atoms with van der Waals surface area (Å²) < 4.78 is 32.0. The minimum atomic E-state index is -3.76. The van der Waals surface area contributed by atoms with E-state index < -0.39 is 22.1 Å². The molecule has 1 aliphatic rings. The molecule has 34 heavy (non-hydrogen) atoms. The maximum Gasteiger partial charge on any atom is 0.338 e. The molecular formula is C25H29N3O5S. The van der Waals surface area contributed by atoms with E-state index in [1.165, 1.54) is 29.8 Å². The minimum Gasteiger partial charge on any atom is -0.449 e. The average molecular weight is 484 g/mol. The molecule has 0 spiro atoms. The zero-order valence-corrected chi connectivity index (χ0v) is 20.0. The van der Waals surface area contributed by atoms with E-state index in [9.17, 15) is 18.0 Å². The highest BCUT2D eigenvalue weighted by molar-refractivity contribution is 7.89. The van der Waals surface area contributed by atoms with Crippen LogP contribution >= 0.6 is 0 Å². The number of nitrogens with zero attached hydrogens (tertiary/aromatic N) is 2. The Labute approximate surface area is 200 Å². The lowest BCUT2D eigenvalue weighted by molar-refractivity contribution is -0.141. The molecule has 2 aromatic carbocycles. The van der Waals surface area contributed by atoms with Gasteiger partial charge in [-0.05, 0) is 61.9 Å². The van der Waals surface area contributed by atoms with Crippen LogP contribution in [0.15, 0.2) is 59.5 Å². The maximum absolute atomic E-state index is 12.8. The van der Waals surface area contributed by atoms with Crippen LogP contribution in [-0.4, -0.2) is 50.9 Å². The fourth-order valence-electron chi connectivity index (χ4n) is 3.94. The predicted octanol–water partition coefficient (Wildman–Crippen LogP) is 2.91. The van der Waals surface area contributed by atoms with Gasteiger partial charge in [-0.15, -0.1) is 0 Å². The van der Waals surface area contributed by atoms with E-state index >= 15 is 0 Å². The number of hydrogen-bond donors (Lipinski definition) is 1. The molecule has 0 bridgehead atoms. The van der Waals surface area contributed by atoms with Gasteiger partial charge in [0.15, 0.2) is 6.10 Å². The normalized spacial score (nSPS) is 15.4. The molecule has 1 saturated heterocycles. The van der Waals surface area contributed by atoms with Gasteiger partial charge in [-0.2, -0.15) is 5.26 Å². The Morgan fingerprint density at radius 1 is 1.12 bits per heavy atom. The number of esters is 1. The first-order valence-corrected chi connectivity index (χ1v) is 12.8. The minimum absolute atomic E-state index is 0.00571. The smallest absolute Gasteiger partial charge is 0.338 e. The summed E-state index contributed by atoms with van der Waals surface area (Å²) in [7, 11) is -3.76. The molecule has 1 amide bonds. The molecule has 2 aromatic rings. The Kier molecular flexibility index (Phi) is 8.79. The zero-order valence-electron chi connectivity index (χ0n) is 19.1. The topological polar surface area (TPSA) is 117 Å². The predicted molar refractivity (Wildman–Crippen MR) is 126 cm³/mol. The molecule has 0 aromatic heterocycles. The fourth-order valence-corrected chi connectivity index (χ4v) is 4.97. The monoisotopic (exact) mass is 483 g/mol. The van der Waals surface area contributed by atoms with Crippen molar-refractivity contribution < 1.29 is 22.7 Å². The van der Waals surface area contributed by atoms with Crippen molar-refractivity contribution in [2.24, 2.45) is 5.92 Å². The van der Waals surface area contributed by atoms with Crippen LogP contribution in [0.5, 0.6) is 0 Å². The lowest BCUT2D eigenvalue weighted by atomic mass is 9.90. The van der Waals surface area contributed by atoms with Crippen LogP contribution in [0.25, 0.3) is 0 Å². The summed E-state index contributed by atoms with van der Waals surface area (Å²) in [5.41, 5.74) is 1.45. The second-order valence-electron chi connectivity index (χ2n) is 8.34. The summed E-state index contributed by atoms with van der Waals surface area (Å²) in [4.78, 5) is 27.0. The number of carbonyl (C=O) groups is 2. The van der Waals surface area contributed by atoms with Gasteiger partial charge in [0.1, 0.15) is 0 Å². The van der Waals surface area contributed by atoms with Gasteiger partial charge in [-0.3, -0.25) is 4.79 Å². The Balaban J connectivity index is 1.49. The lowest BCUT2D eigenvalue weighted by Crippen LogP contribution is -2.44. The van der Waals surface area contributed by atoms with Gasteiger partial charge in [0, 0.05) is 26.1 Å². The molecule has 9 heteroatoms. The number of benzene rings is 2. The third-order valence-electron chi connectivity index (χ3n) is 5.85. The first-order chi connectivity index (χ1) is 16.3. The van der Waals surface area contributed by atoms with Crippen molar-refractivity contribution in [3.63, 3.8) is 0 Å². The number of rotatable bonds is 9. The van der Waals surface area contributed by atoms with Crippen LogP contribution in [0.3, 0.4) is 0 Å². The summed E-state index contributed by atoms with van der Waals surface area (Å²) in [5.74, 6) is -0.401. The third-order valence-corrected chi connectivity index (χ3v) is 7.33. The molecule has 1 N–H and O–H groups in total. The molecule has 1 heterocycles. The number of likely N-dealkylation sites (tertiary alicyclic amines) is 1. The quantitative estimate of drug-likeness (QED) is 0.433. The number of carbonyl (C=O) groups excluding carboxylic acids is 2. The number of piperidine rings is 1. The molecule has 180 valence electrons. The lowest BCUT2D eigenvalue weighted by Gasteiger charge is -2.33. The number of nitrogens with one attached hydrogen (secondary N) is 1. The molecule has 1 atom stereocenters. The van der Waals surface area contributed by atoms with Gasteiger partial charge in [0.2, 0.25) is 10.0 Å². The van der Waals surface area contributed by atoms with Crippen molar-refractivity contribution in [1.29, 1.82) is 5.26 Å². The van der Waals surface area contributed by atoms with Gasteiger partial charge >= 0.3 is 5.97 Å². The highest BCUT2D eigenvalue weighted by Crippen LogP contribution is 2.22. The molecule has 1 unspecified atom stereocenters. The van der Waals surface area contributed by atoms with Gasteiger partial charge in [0.25, 0.3) is 5.91 Å². The number of ether oxygens (including phenoxy) is 1. The number of amides is 1. The Bertz CT molecular complexity index is 1120. The summed E-state index contributed by atoms with van der Waals surface area (Å²) >= 11 is 0. The van der Waals surface area contributed by atoms with Crippen molar-refractivity contribution in [3.8, 4) is 6.07 Å². The van der Waals surface area contributed by atoms with Crippen molar-refractivity contribution in [2.75, 3.05) is 19.6 Å². The van der Waals surface area contributed by atoms with Gasteiger partial charge in [-0.1, -0.05) is 30.3 Å². The SMILES string of the molecule is CC(OC(=O)c1ccc(S(=O)(=O)NCCC#N)cc1)C(=O)N1CCC(Cc2ccccc2)CC1. The molecular weight excluding hydrogens is 454 g/mol. The van der Waals surface area contributed by atoms with Crippen LogP contribution in [0.2, 0.25) is 0 Å². The van der Waals surface area contributed by atoms with Gasteiger partial charge < -0.3 is 9.64 Å². The van der Waals surface area contributed by atoms with E-state index in [0.29, 0.717) is 19.0 Å². The number of nitriles is 1. The van der Waals surface area contributed by atoms with Gasteiger partial charge in [0.05, 0.1) is 16.5 Å². The van der Waals surface area contributed by atoms with Crippen LogP contribution in [0, 0.1) is 17.2 Å². The standard InChI is InChI=1S/C25H29N3O5S/c1-19(24(29)28-16-12-21(13-17-28)18-20-6-3-2-4-7-20)33-25(30)22-8-10-23(11-9-22)34(31,32)27-15-5-14-26/h2-4,6-11,19,21,27H,5,12-13,15-18H2,1H3.